The van der Waals surface area contributed by atoms with Crippen molar-refractivity contribution in [3.8, 4) is 0 Å². The zero-order chi connectivity index (χ0) is 13.3. The summed E-state index contributed by atoms with van der Waals surface area (Å²) in [6, 6.07) is 4.11. The Morgan fingerprint density at radius 2 is 2.17 bits per heavy atom. The Bertz CT molecular complexity index is 442. The van der Waals surface area contributed by atoms with Gasteiger partial charge in [-0.1, -0.05) is 20.8 Å². The molecule has 1 amide bonds. The maximum absolute atomic E-state index is 12.5. The molecule has 1 saturated heterocycles. The third-order valence-corrected chi connectivity index (χ3v) is 3.66. The van der Waals surface area contributed by atoms with E-state index in [-0.39, 0.29) is 5.91 Å². The first-order chi connectivity index (χ1) is 8.49. The van der Waals surface area contributed by atoms with Crippen LogP contribution in [0.25, 0.3) is 0 Å². The van der Waals surface area contributed by atoms with Crippen LogP contribution in [0.4, 0.5) is 0 Å². The molecule has 3 nitrogen and oxygen atoms in total. The molecule has 1 aromatic rings. The molecule has 2 heterocycles. The second-order valence-corrected chi connectivity index (χ2v) is 5.77. The summed E-state index contributed by atoms with van der Waals surface area (Å²) in [4.78, 5) is 18.8. The predicted octanol–water partition coefficient (Wildman–Crippen LogP) is 3.08. The van der Waals surface area contributed by atoms with Gasteiger partial charge < -0.3 is 4.90 Å². The number of likely N-dealkylation sites (tertiary alicyclic amines) is 1. The molecule has 2 unspecified atom stereocenters. The maximum atomic E-state index is 12.5. The summed E-state index contributed by atoms with van der Waals surface area (Å²) in [6.07, 6.45) is 2.85. The van der Waals surface area contributed by atoms with E-state index < -0.39 is 0 Å². The number of carbonyl (C=O) groups excluding carboxylic acids is 1. The molecular weight excluding hydrogens is 224 g/mol. The lowest BCUT2D eigenvalue weighted by Crippen LogP contribution is -2.34. The fourth-order valence-corrected chi connectivity index (χ4v) is 2.65. The largest absolute Gasteiger partial charge is 0.336 e. The number of carbonyl (C=O) groups is 1. The molecule has 0 radical (unpaired) electrons. The molecule has 0 aliphatic carbocycles. The normalized spacial score (nSPS) is 23.7. The molecule has 2 atom stereocenters. The van der Waals surface area contributed by atoms with Gasteiger partial charge in [-0.3, -0.25) is 9.78 Å². The fraction of sp³-hybridized carbons (Fsp3) is 0.600. The van der Waals surface area contributed by atoms with Gasteiger partial charge >= 0.3 is 0 Å². The van der Waals surface area contributed by atoms with Crippen LogP contribution in [0.15, 0.2) is 18.3 Å². The van der Waals surface area contributed by atoms with E-state index in [1.165, 1.54) is 0 Å². The maximum Gasteiger partial charge on any atom is 0.254 e. The van der Waals surface area contributed by atoms with Crippen molar-refractivity contribution in [2.75, 3.05) is 6.54 Å². The Kier molecular flexibility index (Phi) is 3.69. The molecule has 98 valence electrons. The Balaban J connectivity index is 2.21. The van der Waals surface area contributed by atoms with Crippen LogP contribution < -0.4 is 0 Å². The highest BCUT2D eigenvalue weighted by atomic mass is 16.2. The van der Waals surface area contributed by atoms with Crippen molar-refractivity contribution in [3.05, 3.63) is 29.6 Å². The van der Waals surface area contributed by atoms with E-state index in [4.69, 9.17) is 0 Å². The molecule has 1 aliphatic rings. The van der Waals surface area contributed by atoms with E-state index in [1.807, 2.05) is 17.0 Å². The summed E-state index contributed by atoms with van der Waals surface area (Å²) >= 11 is 0. The summed E-state index contributed by atoms with van der Waals surface area (Å²) in [7, 11) is 0. The standard InChI is InChI=1S/C15H22N2O/c1-10(2)14-8-13(5-6-16-14)15(18)17-9-11(3)7-12(17)4/h5-6,8,10-12H,7,9H2,1-4H3. The van der Waals surface area contributed by atoms with Gasteiger partial charge in [0.05, 0.1) is 0 Å². The smallest absolute Gasteiger partial charge is 0.254 e. The minimum absolute atomic E-state index is 0.149. The summed E-state index contributed by atoms with van der Waals surface area (Å²) < 4.78 is 0. The van der Waals surface area contributed by atoms with Gasteiger partial charge in [0, 0.05) is 30.0 Å². The van der Waals surface area contributed by atoms with Crippen LogP contribution in [0.1, 0.15) is 56.1 Å². The van der Waals surface area contributed by atoms with Gasteiger partial charge in [-0.2, -0.15) is 0 Å². The number of hydrogen-bond donors (Lipinski definition) is 0. The lowest BCUT2D eigenvalue weighted by Gasteiger charge is -2.21. The molecule has 1 aromatic heterocycles. The highest BCUT2D eigenvalue weighted by Crippen LogP contribution is 2.24. The third kappa shape index (κ3) is 2.55. The molecule has 0 N–H and O–H groups in total. The van der Waals surface area contributed by atoms with Crippen molar-refractivity contribution >= 4 is 5.91 Å². The molecule has 1 fully saturated rings. The SMILES string of the molecule is CC1CC(C)N(C(=O)c2ccnc(C(C)C)c2)C1. The van der Waals surface area contributed by atoms with Crippen LogP contribution in [0.2, 0.25) is 0 Å². The molecule has 0 bridgehead atoms. The predicted molar refractivity (Wildman–Crippen MR) is 72.6 cm³/mol. The van der Waals surface area contributed by atoms with E-state index in [0.29, 0.717) is 17.9 Å². The molecule has 0 spiro atoms. The van der Waals surface area contributed by atoms with Crippen molar-refractivity contribution in [2.45, 2.75) is 46.1 Å². The zero-order valence-electron chi connectivity index (χ0n) is 11.7. The van der Waals surface area contributed by atoms with Gasteiger partial charge in [0.2, 0.25) is 0 Å². The first-order valence-corrected chi connectivity index (χ1v) is 6.76. The van der Waals surface area contributed by atoms with Crippen LogP contribution >= 0.6 is 0 Å². The number of hydrogen-bond acceptors (Lipinski definition) is 2. The molecule has 0 aromatic carbocycles. The van der Waals surface area contributed by atoms with E-state index in [9.17, 15) is 4.79 Å². The van der Waals surface area contributed by atoms with Crippen molar-refractivity contribution < 1.29 is 4.79 Å². The second-order valence-electron chi connectivity index (χ2n) is 5.77. The van der Waals surface area contributed by atoms with Gasteiger partial charge in [0.15, 0.2) is 0 Å². The van der Waals surface area contributed by atoms with E-state index in [0.717, 1.165) is 24.2 Å². The highest BCUT2D eigenvalue weighted by Gasteiger charge is 2.30. The van der Waals surface area contributed by atoms with Crippen molar-refractivity contribution in [1.82, 2.24) is 9.88 Å². The number of aromatic nitrogens is 1. The minimum atomic E-state index is 0.149. The van der Waals surface area contributed by atoms with Crippen LogP contribution in [0.3, 0.4) is 0 Å². The summed E-state index contributed by atoms with van der Waals surface area (Å²) in [5, 5.41) is 0. The second kappa shape index (κ2) is 5.09. The lowest BCUT2D eigenvalue weighted by molar-refractivity contribution is 0.0743. The average Bonchev–Trinajstić information content (AvgIpc) is 2.67. The van der Waals surface area contributed by atoms with Gasteiger partial charge in [0.25, 0.3) is 5.91 Å². The van der Waals surface area contributed by atoms with Crippen molar-refractivity contribution in [3.63, 3.8) is 0 Å². The van der Waals surface area contributed by atoms with E-state index in [1.54, 1.807) is 6.20 Å². The quantitative estimate of drug-likeness (QED) is 0.803. The summed E-state index contributed by atoms with van der Waals surface area (Å²) in [6.45, 7) is 9.40. The Hall–Kier alpha value is -1.38. The molecule has 0 saturated carbocycles. The van der Waals surface area contributed by atoms with Crippen molar-refractivity contribution in [2.24, 2.45) is 5.92 Å². The number of amides is 1. The first kappa shape index (κ1) is 13.1. The molecule has 3 heteroatoms. The number of rotatable bonds is 2. The van der Waals surface area contributed by atoms with Crippen LogP contribution in [-0.2, 0) is 0 Å². The van der Waals surface area contributed by atoms with Gasteiger partial charge in [-0.05, 0) is 37.3 Å². The minimum Gasteiger partial charge on any atom is -0.336 e. The Morgan fingerprint density at radius 1 is 1.44 bits per heavy atom. The fourth-order valence-electron chi connectivity index (χ4n) is 2.65. The van der Waals surface area contributed by atoms with E-state index in [2.05, 4.69) is 32.7 Å². The van der Waals surface area contributed by atoms with Crippen LogP contribution in [0, 0.1) is 5.92 Å². The number of pyridine rings is 1. The van der Waals surface area contributed by atoms with E-state index >= 15 is 0 Å². The summed E-state index contributed by atoms with van der Waals surface area (Å²) in [5.41, 5.74) is 1.76. The third-order valence-electron chi connectivity index (χ3n) is 3.66. The number of nitrogens with zero attached hydrogens (tertiary/aromatic N) is 2. The van der Waals surface area contributed by atoms with Gasteiger partial charge in [0.1, 0.15) is 0 Å². The van der Waals surface area contributed by atoms with Crippen LogP contribution in [-0.4, -0.2) is 28.4 Å². The monoisotopic (exact) mass is 246 g/mol. The van der Waals surface area contributed by atoms with Crippen molar-refractivity contribution in [1.29, 1.82) is 0 Å². The molecule has 1 aliphatic heterocycles. The first-order valence-electron chi connectivity index (χ1n) is 6.76. The molecule has 18 heavy (non-hydrogen) atoms. The average molecular weight is 246 g/mol. The molecule has 2 rings (SSSR count). The lowest BCUT2D eigenvalue weighted by atomic mass is 10.1. The van der Waals surface area contributed by atoms with Crippen LogP contribution in [0.5, 0.6) is 0 Å². The van der Waals surface area contributed by atoms with Gasteiger partial charge in [-0.25, -0.2) is 0 Å². The summed E-state index contributed by atoms with van der Waals surface area (Å²) in [5.74, 6) is 1.11. The highest BCUT2D eigenvalue weighted by molar-refractivity contribution is 5.94. The zero-order valence-corrected chi connectivity index (χ0v) is 11.7. The topological polar surface area (TPSA) is 33.2 Å². The Labute approximate surface area is 109 Å². The molecular formula is C15H22N2O. The Morgan fingerprint density at radius 3 is 2.72 bits per heavy atom. The van der Waals surface area contributed by atoms with Gasteiger partial charge in [-0.15, -0.1) is 0 Å².